The number of imidazole rings is 1. The van der Waals surface area contributed by atoms with Gasteiger partial charge in [0.2, 0.25) is 0 Å². The van der Waals surface area contributed by atoms with Gasteiger partial charge in [-0.25, -0.2) is 15.0 Å². The van der Waals surface area contributed by atoms with Crippen LogP contribution in [0.4, 0.5) is 5.82 Å². The number of hydrogen-bond acceptors (Lipinski definition) is 4. The molecule has 21 heavy (non-hydrogen) atoms. The number of aromatic nitrogens is 4. The number of fused-ring (bicyclic) bond motifs is 1. The standard InChI is InChI=1S/C15H17N5.ClH/c1-3-12(11-7-5-4-6-8-11)19-14-13-15(17-9-16-14)20(2)10-18-13;/h4-10,12H,3H2,1-2H3,(H,16,17,19);1H/t12-;/m1./s1. The molecule has 1 N–H and O–H groups in total. The highest BCUT2D eigenvalue weighted by atomic mass is 35.5. The van der Waals surface area contributed by atoms with Crippen LogP contribution in [-0.2, 0) is 7.05 Å². The number of halogens is 1. The molecule has 0 saturated heterocycles. The number of benzene rings is 1. The lowest BCUT2D eigenvalue weighted by atomic mass is 10.0. The molecule has 110 valence electrons. The Balaban J connectivity index is 0.00000161. The van der Waals surface area contributed by atoms with E-state index < -0.39 is 0 Å². The molecular formula is C15H18ClN5. The highest BCUT2D eigenvalue weighted by Crippen LogP contribution is 2.24. The highest BCUT2D eigenvalue weighted by molar-refractivity contribution is 5.85. The van der Waals surface area contributed by atoms with Gasteiger partial charge in [-0.3, -0.25) is 0 Å². The summed E-state index contributed by atoms with van der Waals surface area (Å²) >= 11 is 0. The van der Waals surface area contributed by atoms with Gasteiger partial charge in [0.25, 0.3) is 0 Å². The van der Waals surface area contributed by atoms with Gasteiger partial charge < -0.3 is 9.88 Å². The van der Waals surface area contributed by atoms with E-state index in [9.17, 15) is 0 Å². The van der Waals surface area contributed by atoms with E-state index in [1.165, 1.54) is 5.56 Å². The molecule has 1 atom stereocenters. The molecule has 0 radical (unpaired) electrons. The first-order chi connectivity index (χ1) is 9.79. The van der Waals surface area contributed by atoms with Crippen molar-refractivity contribution >= 4 is 29.4 Å². The van der Waals surface area contributed by atoms with E-state index in [2.05, 4.69) is 51.5 Å². The minimum Gasteiger partial charge on any atom is -0.361 e. The predicted molar refractivity (Wildman–Crippen MR) is 86.6 cm³/mol. The minimum absolute atomic E-state index is 0. The minimum atomic E-state index is 0. The first-order valence-corrected chi connectivity index (χ1v) is 6.73. The highest BCUT2D eigenvalue weighted by Gasteiger charge is 2.13. The Kier molecular flexibility index (Phi) is 4.75. The number of aryl methyl sites for hydroxylation is 1. The summed E-state index contributed by atoms with van der Waals surface area (Å²) in [5.41, 5.74) is 2.90. The molecule has 0 bridgehead atoms. The second kappa shape index (κ2) is 6.54. The fourth-order valence-electron chi connectivity index (χ4n) is 2.32. The van der Waals surface area contributed by atoms with Crippen molar-refractivity contribution in [3.05, 3.63) is 48.5 Å². The average molecular weight is 304 g/mol. The Morgan fingerprint density at radius 2 is 1.90 bits per heavy atom. The van der Waals surface area contributed by atoms with E-state index in [0.29, 0.717) is 0 Å². The van der Waals surface area contributed by atoms with Crippen LogP contribution in [0.1, 0.15) is 24.9 Å². The van der Waals surface area contributed by atoms with E-state index in [1.807, 2.05) is 17.7 Å². The Morgan fingerprint density at radius 1 is 1.14 bits per heavy atom. The third-order valence-electron chi connectivity index (χ3n) is 3.42. The summed E-state index contributed by atoms with van der Waals surface area (Å²) in [5.74, 6) is 0.784. The van der Waals surface area contributed by atoms with E-state index in [-0.39, 0.29) is 18.4 Å². The quantitative estimate of drug-likeness (QED) is 0.803. The molecule has 5 nitrogen and oxygen atoms in total. The maximum Gasteiger partial charge on any atom is 0.165 e. The average Bonchev–Trinajstić information content (AvgIpc) is 2.88. The van der Waals surface area contributed by atoms with E-state index in [0.717, 1.165) is 23.4 Å². The van der Waals surface area contributed by atoms with Crippen molar-refractivity contribution in [2.45, 2.75) is 19.4 Å². The smallest absolute Gasteiger partial charge is 0.165 e. The van der Waals surface area contributed by atoms with Gasteiger partial charge in [-0.05, 0) is 12.0 Å². The summed E-state index contributed by atoms with van der Waals surface area (Å²) in [4.78, 5) is 13.0. The van der Waals surface area contributed by atoms with Crippen LogP contribution in [0, 0.1) is 0 Å². The molecule has 0 saturated carbocycles. The summed E-state index contributed by atoms with van der Waals surface area (Å²) in [5, 5.41) is 3.47. The molecule has 0 spiro atoms. The number of nitrogens with one attached hydrogen (secondary N) is 1. The van der Waals surface area contributed by atoms with E-state index in [1.54, 1.807) is 12.7 Å². The largest absolute Gasteiger partial charge is 0.361 e. The van der Waals surface area contributed by atoms with Gasteiger partial charge in [-0.15, -0.1) is 12.4 Å². The third kappa shape index (κ3) is 2.97. The molecule has 0 unspecified atom stereocenters. The van der Waals surface area contributed by atoms with E-state index >= 15 is 0 Å². The van der Waals surface area contributed by atoms with Crippen molar-refractivity contribution in [3.8, 4) is 0 Å². The summed E-state index contributed by atoms with van der Waals surface area (Å²) in [7, 11) is 1.93. The van der Waals surface area contributed by atoms with Gasteiger partial charge in [0.05, 0.1) is 12.4 Å². The van der Waals surface area contributed by atoms with Crippen LogP contribution >= 0.6 is 12.4 Å². The molecule has 2 aromatic heterocycles. The third-order valence-corrected chi connectivity index (χ3v) is 3.42. The lowest BCUT2D eigenvalue weighted by molar-refractivity contribution is 0.745. The lowest BCUT2D eigenvalue weighted by Crippen LogP contribution is -2.11. The Hall–Kier alpha value is -2.14. The second-order valence-electron chi connectivity index (χ2n) is 4.77. The van der Waals surface area contributed by atoms with Crippen molar-refractivity contribution < 1.29 is 0 Å². The van der Waals surface area contributed by atoms with Crippen LogP contribution in [-0.4, -0.2) is 19.5 Å². The number of anilines is 1. The summed E-state index contributed by atoms with van der Waals surface area (Å²) in [6, 6.07) is 10.6. The normalized spacial score (nSPS) is 11.9. The Labute approximate surface area is 129 Å². The first-order valence-electron chi connectivity index (χ1n) is 6.73. The van der Waals surface area contributed by atoms with E-state index in [4.69, 9.17) is 0 Å². The molecule has 2 heterocycles. The molecule has 0 amide bonds. The first kappa shape index (κ1) is 15.3. The maximum atomic E-state index is 4.37. The van der Waals surface area contributed by atoms with Crippen LogP contribution in [0.3, 0.4) is 0 Å². The van der Waals surface area contributed by atoms with Gasteiger partial charge in [-0.1, -0.05) is 37.3 Å². The molecule has 0 aliphatic heterocycles. The van der Waals surface area contributed by atoms with Gasteiger partial charge in [0.1, 0.15) is 11.8 Å². The maximum absolute atomic E-state index is 4.37. The monoisotopic (exact) mass is 303 g/mol. The Bertz CT molecular complexity index is 710. The van der Waals surface area contributed by atoms with Gasteiger partial charge >= 0.3 is 0 Å². The number of rotatable bonds is 4. The summed E-state index contributed by atoms with van der Waals surface area (Å²) in [6.45, 7) is 2.15. The number of hydrogen-bond donors (Lipinski definition) is 1. The zero-order chi connectivity index (χ0) is 13.9. The zero-order valence-corrected chi connectivity index (χ0v) is 12.8. The van der Waals surface area contributed by atoms with Gasteiger partial charge in [0.15, 0.2) is 11.5 Å². The van der Waals surface area contributed by atoms with Crippen LogP contribution in [0.15, 0.2) is 43.0 Å². The fraction of sp³-hybridized carbons (Fsp3) is 0.267. The lowest BCUT2D eigenvalue weighted by Gasteiger charge is -2.18. The van der Waals surface area contributed by atoms with Crippen molar-refractivity contribution in [1.82, 2.24) is 19.5 Å². The SMILES string of the molecule is CC[C@@H](Nc1ncnc2c1ncn2C)c1ccccc1.Cl. The van der Waals surface area contributed by atoms with Crippen LogP contribution in [0.2, 0.25) is 0 Å². The Morgan fingerprint density at radius 3 is 2.62 bits per heavy atom. The van der Waals surface area contributed by atoms with Crippen LogP contribution in [0.25, 0.3) is 11.2 Å². The van der Waals surface area contributed by atoms with Crippen LogP contribution in [0.5, 0.6) is 0 Å². The fourth-order valence-corrected chi connectivity index (χ4v) is 2.32. The van der Waals surface area contributed by atoms with Crippen LogP contribution < -0.4 is 5.32 Å². The topological polar surface area (TPSA) is 55.6 Å². The van der Waals surface area contributed by atoms with Crippen molar-refractivity contribution in [2.75, 3.05) is 5.32 Å². The predicted octanol–water partition coefficient (Wildman–Crippen LogP) is 3.35. The molecular weight excluding hydrogens is 286 g/mol. The number of nitrogens with zero attached hydrogens (tertiary/aromatic N) is 4. The summed E-state index contributed by atoms with van der Waals surface area (Å²) < 4.78 is 1.89. The van der Waals surface area contributed by atoms with Gasteiger partial charge in [0, 0.05) is 7.05 Å². The van der Waals surface area contributed by atoms with Crippen molar-refractivity contribution in [3.63, 3.8) is 0 Å². The van der Waals surface area contributed by atoms with Crippen molar-refractivity contribution in [1.29, 1.82) is 0 Å². The zero-order valence-electron chi connectivity index (χ0n) is 12.0. The molecule has 0 fully saturated rings. The molecule has 1 aromatic carbocycles. The molecule has 6 heteroatoms. The molecule has 3 rings (SSSR count). The molecule has 0 aliphatic carbocycles. The van der Waals surface area contributed by atoms with Gasteiger partial charge in [-0.2, -0.15) is 0 Å². The molecule has 3 aromatic rings. The van der Waals surface area contributed by atoms with Crippen molar-refractivity contribution in [2.24, 2.45) is 7.05 Å². The summed E-state index contributed by atoms with van der Waals surface area (Å²) in [6.07, 6.45) is 4.31. The molecule has 0 aliphatic rings. The second-order valence-corrected chi connectivity index (χ2v) is 4.77.